The average molecular weight is 192 g/mol. The van der Waals surface area contributed by atoms with Gasteiger partial charge in [-0.05, 0) is 19.1 Å². The highest BCUT2D eigenvalue weighted by Gasteiger charge is 2.06. The Hall–Kier alpha value is -2.04. The molecule has 0 bridgehead atoms. The molecule has 5 nitrogen and oxygen atoms in total. The topological polar surface area (TPSA) is 78.9 Å². The van der Waals surface area contributed by atoms with Crippen LogP contribution in [0.3, 0.4) is 0 Å². The van der Waals surface area contributed by atoms with Gasteiger partial charge in [0.05, 0.1) is 5.56 Å². The summed E-state index contributed by atoms with van der Waals surface area (Å²) in [4.78, 5) is 26.5. The molecule has 14 heavy (non-hydrogen) atoms. The van der Waals surface area contributed by atoms with E-state index in [-0.39, 0.29) is 0 Å². The van der Waals surface area contributed by atoms with Crippen LogP contribution in [0.1, 0.15) is 5.76 Å². The van der Waals surface area contributed by atoms with Gasteiger partial charge in [-0.2, -0.15) is 0 Å². The summed E-state index contributed by atoms with van der Waals surface area (Å²) in [6.45, 7) is 1.78. The fraction of sp³-hybridized carbons (Fsp3) is 0.111. The van der Waals surface area contributed by atoms with Crippen LogP contribution in [-0.4, -0.2) is 9.97 Å². The van der Waals surface area contributed by atoms with Crippen LogP contribution in [0.2, 0.25) is 0 Å². The maximum Gasteiger partial charge on any atom is 0.325 e. The molecule has 0 saturated carbocycles. The van der Waals surface area contributed by atoms with Crippen molar-refractivity contribution < 1.29 is 4.42 Å². The fourth-order valence-corrected chi connectivity index (χ4v) is 1.17. The molecule has 5 heteroatoms. The summed E-state index contributed by atoms with van der Waals surface area (Å²) in [6.07, 6.45) is 1.33. The second-order valence-electron chi connectivity index (χ2n) is 2.90. The summed E-state index contributed by atoms with van der Waals surface area (Å²) >= 11 is 0. The van der Waals surface area contributed by atoms with E-state index in [1.54, 1.807) is 19.1 Å². The number of furan rings is 1. The zero-order chi connectivity index (χ0) is 10.1. The van der Waals surface area contributed by atoms with Crippen LogP contribution in [-0.2, 0) is 0 Å². The molecule has 0 spiro atoms. The number of rotatable bonds is 1. The number of aryl methyl sites for hydroxylation is 1. The quantitative estimate of drug-likeness (QED) is 0.695. The number of H-pyrrole nitrogens is 2. The molecular weight excluding hydrogens is 184 g/mol. The minimum Gasteiger partial charge on any atom is -0.461 e. The Morgan fingerprint density at radius 3 is 2.64 bits per heavy atom. The molecule has 2 heterocycles. The minimum atomic E-state index is -0.526. The van der Waals surface area contributed by atoms with Crippen LogP contribution in [0.5, 0.6) is 0 Å². The molecule has 0 radical (unpaired) electrons. The first-order chi connectivity index (χ1) is 6.66. The van der Waals surface area contributed by atoms with Crippen molar-refractivity contribution in [2.75, 3.05) is 0 Å². The standard InChI is InChI=1S/C9H8N2O3/c1-5-2-3-7(14-5)6-4-10-9(13)11-8(6)12/h2-4H,1H3,(H2,10,11,12,13). The zero-order valence-corrected chi connectivity index (χ0v) is 7.46. The van der Waals surface area contributed by atoms with E-state index in [9.17, 15) is 9.59 Å². The molecule has 2 N–H and O–H groups in total. The monoisotopic (exact) mass is 192 g/mol. The minimum absolute atomic E-state index is 0.317. The molecule has 0 amide bonds. The predicted molar refractivity (Wildman–Crippen MR) is 50.1 cm³/mol. The zero-order valence-electron chi connectivity index (χ0n) is 7.46. The second kappa shape index (κ2) is 3.02. The first-order valence-corrected chi connectivity index (χ1v) is 4.05. The van der Waals surface area contributed by atoms with Gasteiger partial charge in [-0.1, -0.05) is 0 Å². The van der Waals surface area contributed by atoms with Crippen molar-refractivity contribution in [2.24, 2.45) is 0 Å². The number of aromatic amines is 2. The highest BCUT2D eigenvalue weighted by atomic mass is 16.3. The van der Waals surface area contributed by atoms with Gasteiger partial charge in [0, 0.05) is 6.20 Å². The van der Waals surface area contributed by atoms with E-state index < -0.39 is 11.2 Å². The predicted octanol–water partition coefficient (Wildman–Crippen LogP) is 0.632. The smallest absolute Gasteiger partial charge is 0.325 e. The summed E-state index contributed by atoms with van der Waals surface area (Å²) in [5, 5.41) is 0. The van der Waals surface area contributed by atoms with Crippen LogP contribution in [0.15, 0.2) is 32.3 Å². The fourth-order valence-electron chi connectivity index (χ4n) is 1.17. The number of nitrogens with one attached hydrogen (secondary N) is 2. The molecule has 0 aliphatic carbocycles. The summed E-state index contributed by atoms with van der Waals surface area (Å²) < 4.78 is 5.25. The van der Waals surface area contributed by atoms with E-state index in [0.29, 0.717) is 17.1 Å². The second-order valence-corrected chi connectivity index (χ2v) is 2.90. The van der Waals surface area contributed by atoms with Gasteiger partial charge < -0.3 is 9.40 Å². The Labute approximate surface area is 78.4 Å². The lowest BCUT2D eigenvalue weighted by atomic mass is 10.2. The molecule has 0 unspecified atom stereocenters. The lowest BCUT2D eigenvalue weighted by Gasteiger charge is -1.93. The van der Waals surface area contributed by atoms with Crippen molar-refractivity contribution in [1.82, 2.24) is 9.97 Å². The third kappa shape index (κ3) is 1.39. The Morgan fingerprint density at radius 1 is 1.29 bits per heavy atom. The van der Waals surface area contributed by atoms with E-state index >= 15 is 0 Å². The molecule has 72 valence electrons. The highest BCUT2D eigenvalue weighted by Crippen LogP contribution is 2.16. The van der Waals surface area contributed by atoms with Gasteiger partial charge in [0.25, 0.3) is 5.56 Å². The molecule has 0 atom stereocenters. The lowest BCUT2D eigenvalue weighted by molar-refractivity contribution is 0.547. The average Bonchev–Trinajstić information content (AvgIpc) is 2.51. The molecular formula is C9H8N2O3. The number of aromatic nitrogens is 2. The van der Waals surface area contributed by atoms with Crippen molar-refractivity contribution in [1.29, 1.82) is 0 Å². The van der Waals surface area contributed by atoms with Crippen molar-refractivity contribution in [3.05, 3.63) is 44.9 Å². The van der Waals surface area contributed by atoms with Crippen molar-refractivity contribution in [2.45, 2.75) is 6.92 Å². The molecule has 0 aromatic carbocycles. The van der Waals surface area contributed by atoms with Crippen LogP contribution >= 0.6 is 0 Å². The van der Waals surface area contributed by atoms with E-state index in [1.165, 1.54) is 6.20 Å². The maximum absolute atomic E-state index is 11.3. The van der Waals surface area contributed by atoms with Gasteiger partial charge in [0.2, 0.25) is 0 Å². The van der Waals surface area contributed by atoms with Crippen LogP contribution in [0.4, 0.5) is 0 Å². The van der Waals surface area contributed by atoms with Gasteiger partial charge in [-0.3, -0.25) is 9.78 Å². The number of hydrogen-bond acceptors (Lipinski definition) is 3. The Bertz CT molecular complexity index is 562. The first kappa shape index (κ1) is 8.55. The van der Waals surface area contributed by atoms with E-state index in [2.05, 4.69) is 9.97 Å². The Balaban J connectivity index is 2.63. The van der Waals surface area contributed by atoms with E-state index in [0.717, 1.165) is 0 Å². The van der Waals surface area contributed by atoms with E-state index in [4.69, 9.17) is 4.42 Å². The molecule has 2 aromatic heterocycles. The van der Waals surface area contributed by atoms with Gasteiger partial charge in [-0.15, -0.1) is 0 Å². The number of hydrogen-bond donors (Lipinski definition) is 2. The third-order valence-corrected chi connectivity index (χ3v) is 1.83. The van der Waals surface area contributed by atoms with Gasteiger partial charge >= 0.3 is 5.69 Å². The van der Waals surface area contributed by atoms with Crippen molar-refractivity contribution in [3.63, 3.8) is 0 Å². The van der Waals surface area contributed by atoms with Crippen LogP contribution < -0.4 is 11.2 Å². The summed E-state index contributed by atoms with van der Waals surface area (Å²) in [5.74, 6) is 1.16. The Morgan fingerprint density at radius 2 is 2.07 bits per heavy atom. The van der Waals surface area contributed by atoms with Gasteiger partial charge in [0.15, 0.2) is 0 Å². The Kier molecular flexibility index (Phi) is 1.85. The van der Waals surface area contributed by atoms with Gasteiger partial charge in [0.1, 0.15) is 11.5 Å². The molecule has 2 aromatic rings. The lowest BCUT2D eigenvalue weighted by Crippen LogP contribution is -2.22. The highest BCUT2D eigenvalue weighted by molar-refractivity contribution is 5.54. The first-order valence-electron chi connectivity index (χ1n) is 4.05. The normalized spacial score (nSPS) is 10.4. The maximum atomic E-state index is 11.3. The largest absolute Gasteiger partial charge is 0.461 e. The molecule has 0 aliphatic rings. The summed E-state index contributed by atoms with van der Waals surface area (Å²) in [7, 11) is 0. The molecule has 2 rings (SSSR count). The van der Waals surface area contributed by atoms with Gasteiger partial charge in [-0.25, -0.2) is 4.79 Å². The molecule has 0 fully saturated rings. The third-order valence-electron chi connectivity index (χ3n) is 1.83. The van der Waals surface area contributed by atoms with Crippen LogP contribution in [0, 0.1) is 6.92 Å². The summed E-state index contributed by atoms with van der Waals surface area (Å²) in [5.41, 5.74) is -0.664. The SMILES string of the molecule is Cc1ccc(-c2c[nH]c(=O)[nH]c2=O)o1. The molecule has 0 aliphatic heterocycles. The van der Waals surface area contributed by atoms with Crippen LogP contribution in [0.25, 0.3) is 11.3 Å². The van der Waals surface area contributed by atoms with Crippen molar-refractivity contribution in [3.8, 4) is 11.3 Å². The molecule has 0 saturated heterocycles. The summed E-state index contributed by atoms with van der Waals surface area (Å²) in [6, 6.07) is 3.43. The van der Waals surface area contributed by atoms with Crippen molar-refractivity contribution >= 4 is 0 Å². The van der Waals surface area contributed by atoms with E-state index in [1.807, 2.05) is 0 Å².